The van der Waals surface area contributed by atoms with Gasteiger partial charge in [0.25, 0.3) is 0 Å². The van der Waals surface area contributed by atoms with Crippen LogP contribution < -0.4 is 15.2 Å². The number of rotatable bonds is 13. The van der Waals surface area contributed by atoms with Crippen molar-refractivity contribution < 1.29 is 48.0 Å². The van der Waals surface area contributed by atoms with Crippen LogP contribution in [-0.4, -0.2) is 53.2 Å². The zero-order valence-electron chi connectivity index (χ0n) is 24.3. The van der Waals surface area contributed by atoms with E-state index >= 15 is 0 Å². The van der Waals surface area contributed by atoms with Crippen LogP contribution in [0, 0.1) is 17.8 Å². The zero-order valence-corrected chi connectivity index (χ0v) is 24.3. The number of aliphatic carboxylic acids is 1. The minimum absolute atomic E-state index is 0.0207. The maximum absolute atomic E-state index is 12.5. The molecule has 0 saturated carbocycles. The fraction of sp³-hybridized carbons (Fsp3) is 0.643. The number of hydrogen-bond acceptors (Lipinski definition) is 10. The molecule has 0 aliphatic heterocycles. The number of carbonyl (C=O) groups excluding carboxylic acids is 3. The molecule has 0 aliphatic rings. The molecule has 0 saturated heterocycles. The summed E-state index contributed by atoms with van der Waals surface area (Å²) in [5, 5.41) is 9.90. The lowest BCUT2D eigenvalue weighted by Crippen LogP contribution is -2.52. The summed E-state index contributed by atoms with van der Waals surface area (Å²) in [6, 6.07) is 4.17. The summed E-state index contributed by atoms with van der Waals surface area (Å²) < 4.78 is 26.4. The molecule has 3 N–H and O–H groups in total. The van der Waals surface area contributed by atoms with Gasteiger partial charge in [0.05, 0.1) is 5.92 Å². The van der Waals surface area contributed by atoms with Gasteiger partial charge >= 0.3 is 24.2 Å². The van der Waals surface area contributed by atoms with Crippen LogP contribution in [0.2, 0.25) is 0 Å². The highest BCUT2D eigenvalue weighted by molar-refractivity contribution is 5.79. The van der Waals surface area contributed by atoms with Gasteiger partial charge in [-0.2, -0.15) is 0 Å². The lowest BCUT2D eigenvalue weighted by atomic mass is 9.86. The van der Waals surface area contributed by atoms with Crippen molar-refractivity contribution in [2.24, 2.45) is 23.5 Å². The van der Waals surface area contributed by atoms with Crippen molar-refractivity contribution in [3.05, 3.63) is 23.8 Å². The quantitative estimate of drug-likeness (QED) is 0.190. The number of ether oxygens (including phenoxy) is 5. The Bertz CT molecular complexity index is 1010. The largest absolute Gasteiger partial charge is 0.514 e. The zero-order chi connectivity index (χ0) is 30.1. The molecular formula is C28H43NO10. The third kappa shape index (κ3) is 11.1. The first kappa shape index (κ1) is 33.7. The smallest absolute Gasteiger partial charge is 0.480 e. The summed E-state index contributed by atoms with van der Waals surface area (Å²) in [6.07, 6.45) is -4.09. The van der Waals surface area contributed by atoms with E-state index in [0.29, 0.717) is 5.56 Å². The molecule has 11 nitrogen and oxygen atoms in total. The fourth-order valence-corrected chi connectivity index (χ4v) is 3.12. The van der Waals surface area contributed by atoms with E-state index in [1.807, 2.05) is 27.7 Å². The van der Waals surface area contributed by atoms with E-state index in [0.717, 1.165) is 0 Å². The molecule has 0 spiro atoms. The van der Waals surface area contributed by atoms with Crippen LogP contribution >= 0.6 is 0 Å². The first-order valence-corrected chi connectivity index (χ1v) is 13.1. The number of carbonyl (C=O) groups is 4. The minimum Gasteiger partial charge on any atom is -0.480 e. The average molecular weight is 554 g/mol. The van der Waals surface area contributed by atoms with Gasteiger partial charge < -0.3 is 34.5 Å². The molecule has 39 heavy (non-hydrogen) atoms. The number of esters is 1. The summed E-state index contributed by atoms with van der Waals surface area (Å²) in [5.41, 5.74) is 4.78. The van der Waals surface area contributed by atoms with Gasteiger partial charge in [-0.25, -0.2) is 9.59 Å². The molecule has 1 aromatic carbocycles. The average Bonchev–Trinajstić information content (AvgIpc) is 2.79. The molecule has 0 fully saturated rings. The molecule has 0 bridgehead atoms. The fourth-order valence-electron chi connectivity index (χ4n) is 3.12. The molecule has 0 aliphatic carbocycles. The molecule has 1 aromatic rings. The standard InChI is InChI=1S/C28H43NO10/c1-15(2)19(8)36-26(33)38-22-11-10-21(12-23(22)39-27(34)37-20(9)16(3)4)14-28(29,25(31)32)13-18(7)35-24(30)17(5)6/h10-12,15-20H,13-14,29H2,1-9H3,(H,31,32)/t18-,19?,20?,28?/m0/s1. The monoisotopic (exact) mass is 553 g/mol. The number of nitrogens with two attached hydrogens (primary N) is 1. The predicted octanol–water partition coefficient (Wildman–Crippen LogP) is 5.11. The van der Waals surface area contributed by atoms with Gasteiger partial charge in [-0.05, 0) is 50.3 Å². The molecule has 0 amide bonds. The predicted molar refractivity (Wildman–Crippen MR) is 143 cm³/mol. The highest BCUT2D eigenvalue weighted by Gasteiger charge is 2.37. The molecule has 3 unspecified atom stereocenters. The van der Waals surface area contributed by atoms with Crippen LogP contribution in [0.15, 0.2) is 18.2 Å². The normalized spacial score (nSPS) is 15.2. The Morgan fingerprint density at radius 3 is 1.72 bits per heavy atom. The number of hydrogen-bond donors (Lipinski definition) is 2. The van der Waals surface area contributed by atoms with Crippen molar-refractivity contribution in [1.29, 1.82) is 0 Å². The molecular weight excluding hydrogens is 510 g/mol. The third-order valence-corrected chi connectivity index (χ3v) is 6.22. The third-order valence-electron chi connectivity index (χ3n) is 6.22. The van der Waals surface area contributed by atoms with Gasteiger partial charge in [0.1, 0.15) is 23.9 Å². The Balaban J connectivity index is 3.26. The number of carboxylic acid groups (broad SMARTS) is 1. The summed E-state index contributed by atoms with van der Waals surface area (Å²) in [4.78, 5) is 48.9. The van der Waals surface area contributed by atoms with E-state index in [-0.39, 0.29) is 42.1 Å². The second-order valence-corrected chi connectivity index (χ2v) is 10.9. The first-order chi connectivity index (χ1) is 17.9. The van der Waals surface area contributed by atoms with E-state index in [1.165, 1.54) is 18.2 Å². The molecule has 0 radical (unpaired) electrons. The number of benzene rings is 1. The van der Waals surface area contributed by atoms with E-state index in [1.54, 1.807) is 34.6 Å². The second kappa shape index (κ2) is 14.7. The molecule has 1 rings (SSSR count). The molecule has 0 heterocycles. The molecule has 220 valence electrons. The Morgan fingerprint density at radius 1 is 0.795 bits per heavy atom. The first-order valence-electron chi connectivity index (χ1n) is 13.1. The van der Waals surface area contributed by atoms with E-state index in [9.17, 15) is 24.3 Å². The molecule has 11 heteroatoms. The molecule has 0 aromatic heterocycles. The summed E-state index contributed by atoms with van der Waals surface area (Å²) in [6.45, 7) is 15.8. The van der Waals surface area contributed by atoms with Gasteiger partial charge in [-0.1, -0.05) is 47.6 Å². The van der Waals surface area contributed by atoms with Gasteiger partial charge in [-0.15, -0.1) is 0 Å². The summed E-state index contributed by atoms with van der Waals surface area (Å²) in [7, 11) is 0. The summed E-state index contributed by atoms with van der Waals surface area (Å²) in [5.74, 6) is -2.42. The maximum atomic E-state index is 12.5. The van der Waals surface area contributed by atoms with Crippen LogP contribution in [0.5, 0.6) is 11.5 Å². The minimum atomic E-state index is -1.82. The van der Waals surface area contributed by atoms with Crippen molar-refractivity contribution in [3.63, 3.8) is 0 Å². The number of carboxylic acids is 1. The lowest BCUT2D eigenvalue weighted by molar-refractivity contribution is -0.156. The SMILES string of the molecule is CC(C)C(=O)O[C@@H](C)CC(N)(Cc1ccc(OC(=O)OC(C)C(C)C)c(OC(=O)OC(C)C(C)C)c1)C(=O)O. The van der Waals surface area contributed by atoms with Gasteiger partial charge in [0.2, 0.25) is 0 Å². The van der Waals surface area contributed by atoms with Crippen LogP contribution in [-0.2, 0) is 30.2 Å². The van der Waals surface area contributed by atoms with Crippen LogP contribution in [0.3, 0.4) is 0 Å². The maximum Gasteiger partial charge on any atom is 0.514 e. The van der Waals surface area contributed by atoms with E-state index in [2.05, 4.69) is 0 Å². The van der Waals surface area contributed by atoms with Gasteiger partial charge in [0.15, 0.2) is 11.5 Å². The van der Waals surface area contributed by atoms with Crippen molar-refractivity contribution in [3.8, 4) is 11.5 Å². The lowest BCUT2D eigenvalue weighted by Gasteiger charge is -2.28. The van der Waals surface area contributed by atoms with E-state index < -0.39 is 48.1 Å². The van der Waals surface area contributed by atoms with Crippen molar-refractivity contribution in [2.45, 2.75) is 99.0 Å². The molecule has 4 atom stereocenters. The Labute approximate surface area is 230 Å². The van der Waals surface area contributed by atoms with Crippen LogP contribution in [0.25, 0.3) is 0 Å². The van der Waals surface area contributed by atoms with Crippen LogP contribution in [0.1, 0.15) is 74.3 Å². The highest BCUT2D eigenvalue weighted by Crippen LogP contribution is 2.32. The van der Waals surface area contributed by atoms with Crippen molar-refractivity contribution in [2.75, 3.05) is 0 Å². The topological polar surface area (TPSA) is 161 Å². The van der Waals surface area contributed by atoms with Gasteiger partial charge in [-0.3, -0.25) is 9.59 Å². The Hall–Kier alpha value is -3.34. The summed E-state index contributed by atoms with van der Waals surface area (Å²) >= 11 is 0. The highest BCUT2D eigenvalue weighted by atomic mass is 16.7. The second-order valence-electron chi connectivity index (χ2n) is 10.9. The van der Waals surface area contributed by atoms with Crippen molar-refractivity contribution in [1.82, 2.24) is 0 Å². The Kier molecular flexibility index (Phi) is 12.7. The van der Waals surface area contributed by atoms with E-state index in [4.69, 9.17) is 29.4 Å². The van der Waals surface area contributed by atoms with Gasteiger partial charge in [0, 0.05) is 12.8 Å². The Morgan fingerprint density at radius 2 is 1.28 bits per heavy atom. The van der Waals surface area contributed by atoms with Crippen LogP contribution in [0.4, 0.5) is 9.59 Å². The van der Waals surface area contributed by atoms with Crippen molar-refractivity contribution >= 4 is 24.2 Å².